The van der Waals surface area contributed by atoms with Gasteiger partial charge in [0.05, 0.1) is 19.2 Å². The first-order valence-corrected chi connectivity index (χ1v) is 8.07. The Labute approximate surface area is 141 Å². The smallest absolute Gasteiger partial charge is 0.227 e. The van der Waals surface area contributed by atoms with Crippen molar-refractivity contribution in [1.82, 2.24) is 4.90 Å². The second-order valence-electron chi connectivity index (χ2n) is 5.85. The molecule has 1 amide bonds. The maximum Gasteiger partial charge on any atom is 0.227 e. The zero-order chi connectivity index (χ0) is 16.9. The number of anilines is 1. The van der Waals surface area contributed by atoms with E-state index in [-0.39, 0.29) is 18.1 Å². The van der Waals surface area contributed by atoms with Crippen LogP contribution in [0.3, 0.4) is 0 Å². The number of hydrogen-bond donors (Lipinski definition) is 0. The van der Waals surface area contributed by atoms with E-state index in [1.165, 1.54) is 12.1 Å². The Balaban J connectivity index is 1.59. The van der Waals surface area contributed by atoms with Gasteiger partial charge in [-0.2, -0.15) is 0 Å². The molecule has 1 saturated heterocycles. The summed E-state index contributed by atoms with van der Waals surface area (Å²) in [5.41, 5.74) is 1.77. The van der Waals surface area contributed by atoms with Crippen molar-refractivity contribution < 1.29 is 13.9 Å². The van der Waals surface area contributed by atoms with E-state index < -0.39 is 0 Å². The quantitative estimate of drug-likeness (QED) is 0.865. The number of amides is 1. The van der Waals surface area contributed by atoms with Crippen LogP contribution in [0.15, 0.2) is 48.5 Å². The van der Waals surface area contributed by atoms with Gasteiger partial charge in [0.25, 0.3) is 0 Å². The standard InChI is InChI=1S/C19H21FN2O2/c1-24-18-8-3-2-7-17(18)21-9-11-22(12-10-21)19(23)14-15-5-4-6-16(20)13-15/h2-8,13H,9-12,14H2,1H3. The Morgan fingerprint density at radius 3 is 2.54 bits per heavy atom. The molecule has 1 fully saturated rings. The Morgan fingerprint density at radius 1 is 1.08 bits per heavy atom. The fraction of sp³-hybridized carbons (Fsp3) is 0.316. The molecule has 2 aromatic rings. The van der Waals surface area contributed by atoms with E-state index in [2.05, 4.69) is 4.90 Å². The lowest BCUT2D eigenvalue weighted by Gasteiger charge is -2.36. The van der Waals surface area contributed by atoms with E-state index in [9.17, 15) is 9.18 Å². The third-order valence-corrected chi connectivity index (χ3v) is 4.30. The van der Waals surface area contributed by atoms with E-state index in [0.29, 0.717) is 18.7 Å². The Hall–Kier alpha value is -2.56. The lowest BCUT2D eigenvalue weighted by molar-refractivity contribution is -0.130. The SMILES string of the molecule is COc1ccccc1N1CCN(C(=O)Cc2cccc(F)c2)CC1. The van der Waals surface area contributed by atoms with Gasteiger partial charge >= 0.3 is 0 Å². The molecule has 0 saturated carbocycles. The summed E-state index contributed by atoms with van der Waals surface area (Å²) in [6, 6.07) is 14.1. The number of ether oxygens (including phenoxy) is 1. The second-order valence-corrected chi connectivity index (χ2v) is 5.85. The van der Waals surface area contributed by atoms with Gasteiger partial charge in [-0.3, -0.25) is 4.79 Å². The molecular weight excluding hydrogens is 307 g/mol. The van der Waals surface area contributed by atoms with Gasteiger partial charge in [0.2, 0.25) is 5.91 Å². The molecule has 0 radical (unpaired) electrons. The summed E-state index contributed by atoms with van der Waals surface area (Å²) >= 11 is 0. The van der Waals surface area contributed by atoms with Gasteiger partial charge in [0.15, 0.2) is 0 Å². The minimum atomic E-state index is -0.304. The summed E-state index contributed by atoms with van der Waals surface area (Å²) in [6.07, 6.45) is 0.242. The molecule has 1 aliphatic rings. The van der Waals surface area contributed by atoms with Crippen LogP contribution < -0.4 is 9.64 Å². The summed E-state index contributed by atoms with van der Waals surface area (Å²) in [7, 11) is 1.66. The average molecular weight is 328 g/mol. The van der Waals surface area contributed by atoms with E-state index in [4.69, 9.17) is 4.74 Å². The minimum absolute atomic E-state index is 0.0419. The van der Waals surface area contributed by atoms with E-state index in [1.807, 2.05) is 29.2 Å². The molecule has 4 nitrogen and oxygen atoms in total. The lowest BCUT2D eigenvalue weighted by atomic mass is 10.1. The number of rotatable bonds is 4. The molecule has 0 aliphatic carbocycles. The van der Waals surface area contributed by atoms with Gasteiger partial charge in [-0.05, 0) is 29.8 Å². The van der Waals surface area contributed by atoms with Crippen molar-refractivity contribution >= 4 is 11.6 Å². The number of para-hydroxylation sites is 2. The molecule has 3 rings (SSSR count). The predicted octanol–water partition coefficient (Wildman–Crippen LogP) is 2.73. The van der Waals surface area contributed by atoms with Crippen molar-refractivity contribution in [3.63, 3.8) is 0 Å². The number of carbonyl (C=O) groups excluding carboxylic acids is 1. The lowest BCUT2D eigenvalue weighted by Crippen LogP contribution is -2.49. The largest absolute Gasteiger partial charge is 0.495 e. The molecule has 1 aliphatic heterocycles. The Kier molecular flexibility index (Phi) is 4.99. The van der Waals surface area contributed by atoms with E-state index >= 15 is 0 Å². The number of halogens is 1. The Bertz CT molecular complexity index is 712. The molecule has 0 N–H and O–H groups in total. The minimum Gasteiger partial charge on any atom is -0.495 e. The van der Waals surface area contributed by atoms with Gasteiger partial charge in [-0.1, -0.05) is 24.3 Å². The average Bonchev–Trinajstić information content (AvgIpc) is 2.62. The van der Waals surface area contributed by atoms with Crippen molar-refractivity contribution in [2.45, 2.75) is 6.42 Å². The highest BCUT2D eigenvalue weighted by atomic mass is 19.1. The molecule has 24 heavy (non-hydrogen) atoms. The molecule has 0 spiro atoms. The van der Waals surface area contributed by atoms with Crippen LogP contribution in [0.5, 0.6) is 5.75 Å². The Morgan fingerprint density at radius 2 is 1.83 bits per heavy atom. The number of nitrogens with zero attached hydrogens (tertiary/aromatic N) is 2. The third-order valence-electron chi connectivity index (χ3n) is 4.30. The maximum absolute atomic E-state index is 13.2. The number of methoxy groups -OCH3 is 1. The summed E-state index contributed by atoms with van der Waals surface area (Å²) in [6.45, 7) is 2.84. The fourth-order valence-electron chi connectivity index (χ4n) is 3.02. The van der Waals surface area contributed by atoms with Gasteiger partial charge in [-0.25, -0.2) is 4.39 Å². The highest BCUT2D eigenvalue weighted by Gasteiger charge is 2.22. The third kappa shape index (κ3) is 3.67. The summed E-state index contributed by atoms with van der Waals surface area (Å²) in [5.74, 6) is 0.582. The first kappa shape index (κ1) is 16.3. The van der Waals surface area contributed by atoms with E-state index in [0.717, 1.165) is 24.5 Å². The molecule has 0 atom stereocenters. The van der Waals surface area contributed by atoms with Gasteiger partial charge in [-0.15, -0.1) is 0 Å². The number of carbonyl (C=O) groups is 1. The maximum atomic E-state index is 13.2. The summed E-state index contributed by atoms with van der Waals surface area (Å²) < 4.78 is 18.6. The van der Waals surface area contributed by atoms with Crippen LogP contribution in [-0.4, -0.2) is 44.1 Å². The summed E-state index contributed by atoms with van der Waals surface area (Å²) in [4.78, 5) is 16.5. The van der Waals surface area contributed by atoms with Crippen molar-refractivity contribution in [1.29, 1.82) is 0 Å². The molecular formula is C19H21FN2O2. The highest BCUT2D eigenvalue weighted by molar-refractivity contribution is 5.79. The molecule has 126 valence electrons. The van der Waals surface area contributed by atoms with Crippen molar-refractivity contribution in [3.05, 3.63) is 59.9 Å². The van der Waals surface area contributed by atoms with Gasteiger partial charge < -0.3 is 14.5 Å². The molecule has 5 heteroatoms. The number of benzene rings is 2. The zero-order valence-corrected chi connectivity index (χ0v) is 13.7. The van der Waals surface area contributed by atoms with Crippen LogP contribution in [0, 0.1) is 5.82 Å². The van der Waals surface area contributed by atoms with Crippen molar-refractivity contribution in [2.24, 2.45) is 0 Å². The normalized spacial score (nSPS) is 14.6. The first-order chi connectivity index (χ1) is 11.7. The monoisotopic (exact) mass is 328 g/mol. The van der Waals surface area contributed by atoms with Crippen LogP contribution in [0.25, 0.3) is 0 Å². The topological polar surface area (TPSA) is 32.8 Å². The molecule has 1 heterocycles. The van der Waals surface area contributed by atoms with Crippen LogP contribution >= 0.6 is 0 Å². The van der Waals surface area contributed by atoms with Crippen LogP contribution in [0.2, 0.25) is 0 Å². The van der Waals surface area contributed by atoms with Crippen LogP contribution in [0.4, 0.5) is 10.1 Å². The van der Waals surface area contributed by atoms with Gasteiger partial charge in [0.1, 0.15) is 11.6 Å². The predicted molar refractivity (Wildman–Crippen MR) is 91.9 cm³/mol. The van der Waals surface area contributed by atoms with Gasteiger partial charge in [0, 0.05) is 26.2 Å². The van der Waals surface area contributed by atoms with Crippen LogP contribution in [-0.2, 0) is 11.2 Å². The molecule has 0 unspecified atom stereocenters. The molecule has 0 aromatic heterocycles. The highest BCUT2D eigenvalue weighted by Crippen LogP contribution is 2.28. The first-order valence-electron chi connectivity index (χ1n) is 8.07. The number of hydrogen-bond acceptors (Lipinski definition) is 3. The molecule has 2 aromatic carbocycles. The number of piperazine rings is 1. The van der Waals surface area contributed by atoms with Crippen molar-refractivity contribution in [2.75, 3.05) is 38.2 Å². The fourth-order valence-corrected chi connectivity index (χ4v) is 3.02. The summed E-state index contributed by atoms with van der Waals surface area (Å²) in [5, 5.41) is 0. The van der Waals surface area contributed by atoms with E-state index in [1.54, 1.807) is 19.2 Å². The van der Waals surface area contributed by atoms with Crippen molar-refractivity contribution in [3.8, 4) is 5.75 Å². The second kappa shape index (κ2) is 7.34. The molecule has 0 bridgehead atoms. The zero-order valence-electron chi connectivity index (χ0n) is 13.7. The van der Waals surface area contributed by atoms with Crippen LogP contribution in [0.1, 0.15) is 5.56 Å².